The highest BCUT2D eigenvalue weighted by Crippen LogP contribution is 2.37. The van der Waals surface area contributed by atoms with Crippen LogP contribution in [0.5, 0.6) is 0 Å². The van der Waals surface area contributed by atoms with Crippen LogP contribution in [0.2, 0.25) is 0 Å². The zero-order valence-corrected chi connectivity index (χ0v) is 12.2. The minimum atomic E-state index is 0.320. The molecular formula is C16H27NO2. The van der Waals surface area contributed by atoms with Gasteiger partial charge in [-0.15, -0.1) is 0 Å². The molecule has 3 nitrogen and oxygen atoms in total. The normalized spacial score (nSPS) is 37.5. The molecule has 108 valence electrons. The summed E-state index contributed by atoms with van der Waals surface area (Å²) in [6, 6.07) is 0. The molecule has 1 heterocycles. The molecule has 3 heteroatoms. The van der Waals surface area contributed by atoms with Crippen LogP contribution in [0.25, 0.3) is 0 Å². The maximum absolute atomic E-state index is 11.4. The van der Waals surface area contributed by atoms with Crippen LogP contribution >= 0.6 is 0 Å². The van der Waals surface area contributed by atoms with Gasteiger partial charge in [-0.1, -0.05) is 0 Å². The molecule has 1 aliphatic heterocycles. The first-order valence-electron chi connectivity index (χ1n) is 8.04. The van der Waals surface area contributed by atoms with E-state index in [0.717, 1.165) is 38.5 Å². The van der Waals surface area contributed by atoms with Gasteiger partial charge < -0.3 is 4.74 Å². The van der Waals surface area contributed by atoms with E-state index in [1.165, 1.54) is 38.5 Å². The fourth-order valence-electron chi connectivity index (χ4n) is 3.55. The van der Waals surface area contributed by atoms with Crippen molar-refractivity contribution in [1.29, 1.82) is 0 Å². The second-order valence-corrected chi connectivity index (χ2v) is 7.00. The van der Waals surface area contributed by atoms with Crippen molar-refractivity contribution in [1.82, 2.24) is 4.90 Å². The molecule has 0 N–H and O–H groups in total. The van der Waals surface area contributed by atoms with Gasteiger partial charge in [-0.25, -0.2) is 0 Å². The Kier molecular flexibility index (Phi) is 3.95. The molecule has 0 aromatic heterocycles. The monoisotopic (exact) mass is 265 g/mol. The molecule has 0 aromatic carbocycles. The third-order valence-electron chi connectivity index (χ3n) is 5.36. The van der Waals surface area contributed by atoms with Crippen LogP contribution in [0, 0.1) is 5.92 Å². The zero-order valence-electron chi connectivity index (χ0n) is 12.2. The van der Waals surface area contributed by atoms with E-state index in [1.54, 1.807) is 0 Å². The van der Waals surface area contributed by atoms with Gasteiger partial charge in [0.05, 0.1) is 6.10 Å². The fraction of sp³-hybridized carbons (Fsp3) is 0.938. The molecule has 3 rings (SSSR count). The number of nitrogens with zero attached hydrogens (tertiary/aromatic N) is 1. The Morgan fingerprint density at radius 1 is 1.16 bits per heavy atom. The molecule has 2 aliphatic carbocycles. The number of ketones is 1. The minimum absolute atomic E-state index is 0.320. The summed E-state index contributed by atoms with van der Waals surface area (Å²) >= 11 is 0. The van der Waals surface area contributed by atoms with Crippen LogP contribution in [0.3, 0.4) is 0 Å². The Morgan fingerprint density at radius 2 is 1.79 bits per heavy atom. The SMILES string of the molecule is C[C@]1(N2CCC(=O)CC2)CC[C@H](OCC2CC2)CC1. The molecular weight excluding hydrogens is 238 g/mol. The summed E-state index contributed by atoms with van der Waals surface area (Å²) in [7, 11) is 0. The van der Waals surface area contributed by atoms with E-state index in [-0.39, 0.29) is 0 Å². The van der Waals surface area contributed by atoms with Crippen molar-refractivity contribution in [2.24, 2.45) is 5.92 Å². The molecule has 1 saturated heterocycles. The van der Waals surface area contributed by atoms with Crippen LogP contribution in [0.1, 0.15) is 58.3 Å². The van der Waals surface area contributed by atoms with Crippen molar-refractivity contribution in [2.75, 3.05) is 19.7 Å². The maximum Gasteiger partial charge on any atom is 0.135 e. The van der Waals surface area contributed by atoms with Gasteiger partial charge >= 0.3 is 0 Å². The second-order valence-electron chi connectivity index (χ2n) is 7.00. The number of piperidine rings is 1. The minimum Gasteiger partial charge on any atom is -0.378 e. The Hall–Kier alpha value is -0.410. The first kappa shape index (κ1) is 13.6. The van der Waals surface area contributed by atoms with Gasteiger partial charge in [-0.2, -0.15) is 0 Å². The molecule has 2 saturated carbocycles. The summed E-state index contributed by atoms with van der Waals surface area (Å²) in [5, 5.41) is 0. The van der Waals surface area contributed by atoms with Crippen molar-refractivity contribution in [2.45, 2.75) is 69.9 Å². The van der Waals surface area contributed by atoms with Gasteiger partial charge in [-0.3, -0.25) is 9.69 Å². The van der Waals surface area contributed by atoms with E-state index in [9.17, 15) is 4.79 Å². The summed E-state index contributed by atoms with van der Waals surface area (Å²) in [5.41, 5.74) is 0.320. The molecule has 0 amide bonds. The Balaban J connectivity index is 1.45. The number of hydrogen-bond acceptors (Lipinski definition) is 3. The van der Waals surface area contributed by atoms with Gasteiger partial charge in [0.2, 0.25) is 0 Å². The van der Waals surface area contributed by atoms with Gasteiger partial charge in [0.1, 0.15) is 5.78 Å². The number of rotatable bonds is 4. The Bertz CT molecular complexity index is 320. The lowest BCUT2D eigenvalue weighted by Crippen LogP contribution is -2.52. The van der Waals surface area contributed by atoms with Crippen molar-refractivity contribution in [3.63, 3.8) is 0 Å². The summed E-state index contributed by atoms with van der Waals surface area (Å²) in [5.74, 6) is 1.32. The van der Waals surface area contributed by atoms with Crippen LogP contribution in [0.4, 0.5) is 0 Å². The quantitative estimate of drug-likeness (QED) is 0.783. The zero-order chi connectivity index (χ0) is 13.3. The lowest BCUT2D eigenvalue weighted by Gasteiger charge is -2.47. The number of carbonyl (C=O) groups excluding carboxylic acids is 1. The predicted molar refractivity (Wildman–Crippen MR) is 75.2 cm³/mol. The Labute approximate surface area is 116 Å². The molecule has 3 aliphatic rings. The Morgan fingerprint density at radius 3 is 2.37 bits per heavy atom. The topological polar surface area (TPSA) is 29.5 Å². The third-order valence-corrected chi connectivity index (χ3v) is 5.36. The first-order valence-corrected chi connectivity index (χ1v) is 8.04. The highest BCUT2D eigenvalue weighted by molar-refractivity contribution is 5.79. The van der Waals surface area contributed by atoms with E-state index in [0.29, 0.717) is 17.4 Å². The number of ether oxygens (including phenoxy) is 1. The van der Waals surface area contributed by atoms with E-state index >= 15 is 0 Å². The molecule has 0 aromatic rings. The van der Waals surface area contributed by atoms with E-state index in [2.05, 4.69) is 11.8 Å². The smallest absolute Gasteiger partial charge is 0.135 e. The van der Waals surface area contributed by atoms with Crippen molar-refractivity contribution < 1.29 is 9.53 Å². The van der Waals surface area contributed by atoms with Gasteiger partial charge in [-0.05, 0) is 51.4 Å². The number of Topliss-reactive ketones (excluding diaryl/α,β-unsaturated/α-hetero) is 1. The van der Waals surface area contributed by atoms with Gasteiger partial charge in [0.25, 0.3) is 0 Å². The highest BCUT2D eigenvalue weighted by Gasteiger charge is 2.38. The highest BCUT2D eigenvalue weighted by atomic mass is 16.5. The summed E-state index contributed by atoms with van der Waals surface area (Å²) in [6.45, 7) is 5.34. The fourth-order valence-corrected chi connectivity index (χ4v) is 3.55. The number of likely N-dealkylation sites (tertiary alicyclic amines) is 1. The average molecular weight is 265 g/mol. The van der Waals surface area contributed by atoms with Crippen molar-refractivity contribution in [3.05, 3.63) is 0 Å². The third kappa shape index (κ3) is 3.38. The lowest BCUT2D eigenvalue weighted by atomic mass is 9.79. The second kappa shape index (κ2) is 5.53. The van der Waals surface area contributed by atoms with Crippen LogP contribution in [0.15, 0.2) is 0 Å². The number of hydrogen-bond donors (Lipinski definition) is 0. The molecule has 0 bridgehead atoms. The van der Waals surface area contributed by atoms with Crippen LogP contribution in [-0.4, -0.2) is 42.0 Å². The van der Waals surface area contributed by atoms with E-state index in [1.807, 2.05) is 0 Å². The van der Waals surface area contributed by atoms with Crippen LogP contribution in [-0.2, 0) is 9.53 Å². The molecule has 0 unspecified atom stereocenters. The van der Waals surface area contributed by atoms with Gasteiger partial charge in [0.15, 0.2) is 0 Å². The lowest BCUT2D eigenvalue weighted by molar-refractivity contribution is -0.123. The molecule has 19 heavy (non-hydrogen) atoms. The predicted octanol–water partition coefficient (Wildman–Crippen LogP) is 2.78. The summed E-state index contributed by atoms with van der Waals surface area (Å²) in [4.78, 5) is 13.9. The van der Waals surface area contributed by atoms with Crippen molar-refractivity contribution >= 4 is 5.78 Å². The van der Waals surface area contributed by atoms with E-state index < -0.39 is 0 Å². The number of carbonyl (C=O) groups is 1. The summed E-state index contributed by atoms with van der Waals surface area (Å²) < 4.78 is 6.03. The molecule has 0 radical (unpaired) electrons. The van der Waals surface area contributed by atoms with E-state index in [4.69, 9.17) is 4.74 Å². The van der Waals surface area contributed by atoms with Crippen molar-refractivity contribution in [3.8, 4) is 0 Å². The summed E-state index contributed by atoms with van der Waals surface area (Å²) in [6.07, 6.45) is 9.65. The standard InChI is InChI=1S/C16H27NO2/c1-16(17-10-6-14(18)7-11-17)8-4-15(5-9-16)19-12-13-2-3-13/h13,15H,2-12H2,1H3/t15-,16-. The van der Waals surface area contributed by atoms with Crippen LogP contribution < -0.4 is 0 Å². The molecule has 0 spiro atoms. The van der Waals surface area contributed by atoms with Gasteiger partial charge in [0, 0.05) is 38.1 Å². The molecule has 3 fully saturated rings. The first-order chi connectivity index (χ1) is 9.16. The largest absolute Gasteiger partial charge is 0.378 e. The maximum atomic E-state index is 11.4. The molecule has 0 atom stereocenters. The average Bonchev–Trinajstić information content (AvgIpc) is 3.23.